The standard InChI is InChI=1S/C22H36O3/c1-8-12-19(18-13-10-11-14-20(18)24-7)22(17(5)6,15-16(3)4)21(23)25-9-2/h10-11,13-14,16-17,19H,8-9,12,15H2,1-7H3. The normalized spacial score (nSPS) is 15.1. The number of ether oxygens (including phenoxy) is 2. The van der Waals surface area contributed by atoms with Gasteiger partial charge in [-0.2, -0.15) is 0 Å². The van der Waals surface area contributed by atoms with Crippen molar-refractivity contribution in [1.82, 2.24) is 0 Å². The molecule has 0 saturated carbocycles. The lowest BCUT2D eigenvalue weighted by Gasteiger charge is -2.43. The lowest BCUT2D eigenvalue weighted by atomic mass is 9.60. The van der Waals surface area contributed by atoms with E-state index in [4.69, 9.17) is 9.47 Å². The van der Waals surface area contributed by atoms with Crippen LogP contribution < -0.4 is 4.74 Å². The van der Waals surface area contributed by atoms with Crippen LogP contribution in [0.5, 0.6) is 5.75 Å². The highest BCUT2D eigenvalue weighted by Crippen LogP contribution is 2.52. The van der Waals surface area contributed by atoms with E-state index in [1.807, 2.05) is 25.1 Å². The van der Waals surface area contributed by atoms with Crippen LogP contribution in [0.25, 0.3) is 0 Å². The number of carbonyl (C=O) groups excluding carboxylic acids is 1. The fraction of sp³-hybridized carbons (Fsp3) is 0.682. The van der Waals surface area contributed by atoms with Gasteiger partial charge < -0.3 is 9.47 Å². The third-order valence-corrected chi connectivity index (χ3v) is 5.15. The molecule has 2 atom stereocenters. The van der Waals surface area contributed by atoms with Crippen LogP contribution in [0.2, 0.25) is 0 Å². The molecule has 0 aromatic heterocycles. The second-order valence-electron chi connectivity index (χ2n) is 7.60. The van der Waals surface area contributed by atoms with Crippen molar-refractivity contribution in [3.8, 4) is 5.75 Å². The Labute approximate surface area is 154 Å². The second-order valence-corrected chi connectivity index (χ2v) is 7.60. The summed E-state index contributed by atoms with van der Waals surface area (Å²) < 4.78 is 11.3. The summed E-state index contributed by atoms with van der Waals surface area (Å²) in [7, 11) is 1.70. The second kappa shape index (κ2) is 9.84. The molecule has 2 unspecified atom stereocenters. The average Bonchev–Trinajstić information content (AvgIpc) is 2.57. The molecule has 0 aliphatic heterocycles. The number of methoxy groups -OCH3 is 1. The fourth-order valence-electron chi connectivity index (χ4n) is 4.12. The molecule has 0 spiro atoms. The van der Waals surface area contributed by atoms with Gasteiger partial charge in [0, 0.05) is 5.92 Å². The molecule has 1 rings (SSSR count). The van der Waals surface area contributed by atoms with E-state index in [0.717, 1.165) is 30.6 Å². The molecular weight excluding hydrogens is 312 g/mol. The maximum absolute atomic E-state index is 13.3. The van der Waals surface area contributed by atoms with Crippen LogP contribution in [0.15, 0.2) is 24.3 Å². The molecule has 0 N–H and O–H groups in total. The van der Waals surface area contributed by atoms with Crippen LogP contribution in [0.1, 0.15) is 72.3 Å². The number of rotatable bonds is 10. The highest BCUT2D eigenvalue weighted by Gasteiger charge is 2.50. The van der Waals surface area contributed by atoms with Gasteiger partial charge in [-0.05, 0) is 43.2 Å². The fourth-order valence-corrected chi connectivity index (χ4v) is 4.12. The third-order valence-electron chi connectivity index (χ3n) is 5.15. The molecule has 0 saturated heterocycles. The van der Waals surface area contributed by atoms with E-state index in [9.17, 15) is 4.79 Å². The van der Waals surface area contributed by atoms with Gasteiger partial charge in [-0.25, -0.2) is 0 Å². The Morgan fingerprint density at radius 2 is 1.76 bits per heavy atom. The first-order valence-corrected chi connectivity index (χ1v) is 9.65. The highest BCUT2D eigenvalue weighted by molar-refractivity contribution is 5.79. The summed E-state index contributed by atoms with van der Waals surface area (Å²) in [6.45, 7) is 13.1. The van der Waals surface area contributed by atoms with Crippen molar-refractivity contribution in [3.63, 3.8) is 0 Å². The summed E-state index contributed by atoms with van der Waals surface area (Å²) in [5.74, 6) is 1.45. The lowest BCUT2D eigenvalue weighted by molar-refractivity contribution is -0.162. The highest BCUT2D eigenvalue weighted by atomic mass is 16.5. The summed E-state index contributed by atoms with van der Waals surface area (Å²) in [5.41, 5.74) is 0.573. The zero-order valence-corrected chi connectivity index (χ0v) is 17.1. The molecule has 0 aliphatic rings. The van der Waals surface area contributed by atoms with Gasteiger partial charge >= 0.3 is 5.97 Å². The van der Waals surface area contributed by atoms with Crippen LogP contribution in [-0.4, -0.2) is 19.7 Å². The maximum atomic E-state index is 13.3. The van der Waals surface area contributed by atoms with E-state index in [1.165, 1.54) is 0 Å². The molecule has 0 amide bonds. The van der Waals surface area contributed by atoms with Crippen molar-refractivity contribution in [1.29, 1.82) is 0 Å². The molecule has 0 radical (unpaired) electrons. The molecule has 0 heterocycles. The third kappa shape index (κ3) is 4.77. The zero-order chi connectivity index (χ0) is 19.0. The monoisotopic (exact) mass is 348 g/mol. The molecule has 142 valence electrons. The zero-order valence-electron chi connectivity index (χ0n) is 17.1. The van der Waals surface area contributed by atoms with Gasteiger partial charge in [0.15, 0.2) is 0 Å². The Kier molecular flexibility index (Phi) is 8.47. The summed E-state index contributed by atoms with van der Waals surface area (Å²) in [4.78, 5) is 13.3. The molecule has 3 heteroatoms. The van der Waals surface area contributed by atoms with E-state index >= 15 is 0 Å². The van der Waals surface area contributed by atoms with Crippen LogP contribution in [0.4, 0.5) is 0 Å². The smallest absolute Gasteiger partial charge is 0.312 e. The Hall–Kier alpha value is -1.51. The van der Waals surface area contributed by atoms with Gasteiger partial charge in [0.1, 0.15) is 5.75 Å². The summed E-state index contributed by atoms with van der Waals surface area (Å²) in [6, 6.07) is 8.11. The molecular formula is C22H36O3. The van der Waals surface area contributed by atoms with Crippen molar-refractivity contribution in [2.45, 2.75) is 66.7 Å². The van der Waals surface area contributed by atoms with Crippen LogP contribution in [0.3, 0.4) is 0 Å². The van der Waals surface area contributed by atoms with E-state index in [0.29, 0.717) is 12.5 Å². The average molecular weight is 349 g/mol. The number of para-hydroxylation sites is 1. The predicted molar refractivity (Wildman–Crippen MR) is 104 cm³/mol. The molecule has 3 nitrogen and oxygen atoms in total. The number of hydrogen-bond acceptors (Lipinski definition) is 3. The Morgan fingerprint density at radius 3 is 2.24 bits per heavy atom. The minimum absolute atomic E-state index is 0.0666. The molecule has 0 bridgehead atoms. The number of carbonyl (C=O) groups is 1. The summed E-state index contributed by atoms with van der Waals surface area (Å²) in [6.07, 6.45) is 2.75. The molecule has 25 heavy (non-hydrogen) atoms. The van der Waals surface area contributed by atoms with Crippen molar-refractivity contribution in [2.75, 3.05) is 13.7 Å². The Morgan fingerprint density at radius 1 is 1.12 bits per heavy atom. The molecule has 0 aliphatic carbocycles. The van der Waals surface area contributed by atoms with Crippen LogP contribution in [0, 0.1) is 17.3 Å². The van der Waals surface area contributed by atoms with E-state index < -0.39 is 5.41 Å². The molecule has 0 fully saturated rings. The van der Waals surface area contributed by atoms with Crippen molar-refractivity contribution in [2.24, 2.45) is 17.3 Å². The van der Waals surface area contributed by atoms with Gasteiger partial charge in [0.05, 0.1) is 19.1 Å². The molecule has 1 aromatic carbocycles. The van der Waals surface area contributed by atoms with Gasteiger partial charge in [-0.3, -0.25) is 4.79 Å². The first-order valence-electron chi connectivity index (χ1n) is 9.65. The van der Waals surface area contributed by atoms with Gasteiger partial charge in [0.25, 0.3) is 0 Å². The number of benzene rings is 1. The van der Waals surface area contributed by atoms with Crippen molar-refractivity contribution in [3.05, 3.63) is 29.8 Å². The minimum Gasteiger partial charge on any atom is -0.496 e. The first-order chi connectivity index (χ1) is 11.8. The van der Waals surface area contributed by atoms with Gasteiger partial charge in [0.2, 0.25) is 0 Å². The maximum Gasteiger partial charge on any atom is 0.312 e. The first kappa shape index (κ1) is 21.5. The van der Waals surface area contributed by atoms with Crippen molar-refractivity contribution < 1.29 is 14.3 Å². The van der Waals surface area contributed by atoms with Crippen molar-refractivity contribution >= 4 is 5.97 Å². The summed E-state index contributed by atoms with van der Waals surface area (Å²) >= 11 is 0. The molecule has 1 aromatic rings. The Bertz CT molecular complexity index is 536. The van der Waals surface area contributed by atoms with Crippen LogP contribution >= 0.6 is 0 Å². The SMILES string of the molecule is CCCC(c1ccccc1OC)C(CC(C)C)(C(=O)OCC)C(C)C. The largest absolute Gasteiger partial charge is 0.496 e. The summed E-state index contributed by atoms with van der Waals surface area (Å²) in [5, 5.41) is 0. The van der Waals surface area contributed by atoms with Gasteiger partial charge in [-0.15, -0.1) is 0 Å². The number of hydrogen-bond donors (Lipinski definition) is 0. The van der Waals surface area contributed by atoms with Crippen LogP contribution in [-0.2, 0) is 9.53 Å². The lowest BCUT2D eigenvalue weighted by Crippen LogP contribution is -2.44. The predicted octanol–water partition coefficient (Wildman–Crippen LogP) is 5.83. The Balaban J connectivity index is 3.60. The topological polar surface area (TPSA) is 35.5 Å². The van der Waals surface area contributed by atoms with E-state index in [1.54, 1.807) is 7.11 Å². The minimum atomic E-state index is -0.547. The quantitative estimate of drug-likeness (QED) is 0.499. The number of esters is 1. The van der Waals surface area contributed by atoms with Gasteiger partial charge in [-0.1, -0.05) is 59.2 Å². The van der Waals surface area contributed by atoms with E-state index in [-0.39, 0.29) is 17.8 Å². The van der Waals surface area contributed by atoms with E-state index in [2.05, 4.69) is 40.7 Å².